The molecular weight excluding hydrogens is 128 g/mol. The van der Waals surface area contributed by atoms with E-state index in [1.54, 1.807) is 12.1 Å². The fourth-order valence-electron chi connectivity index (χ4n) is 1.18. The summed E-state index contributed by atoms with van der Waals surface area (Å²) in [5, 5.41) is 1.63. The van der Waals surface area contributed by atoms with Crippen molar-refractivity contribution in [3.8, 4) is 0 Å². The Bertz CT molecular complexity index is 81.3. The van der Waals surface area contributed by atoms with Crippen molar-refractivity contribution in [2.24, 2.45) is 5.84 Å². The molecule has 0 unspecified atom stereocenters. The number of hydrogen-bond acceptors (Lipinski definition) is 3. The quantitative estimate of drug-likeness (QED) is 0.364. The summed E-state index contributed by atoms with van der Waals surface area (Å²) in [5.74, 6) is 5.61. The molecule has 62 valence electrons. The number of ether oxygens (including phenoxy) is 1. The van der Waals surface area contributed by atoms with E-state index in [4.69, 9.17) is 10.6 Å². The largest absolute Gasteiger partial charge is 0.362 e. The molecule has 0 fully saturated rings. The summed E-state index contributed by atoms with van der Waals surface area (Å²) in [6, 6.07) is 0. The zero-order chi connectivity index (χ0) is 8.20. The monoisotopic (exact) mass is 146 g/mol. The van der Waals surface area contributed by atoms with Crippen molar-refractivity contribution >= 4 is 0 Å². The normalized spacial score (nSPS) is 12.6. The van der Waals surface area contributed by atoms with Gasteiger partial charge in [-0.25, -0.2) is 5.01 Å². The molecule has 0 atom stereocenters. The number of rotatable bonds is 4. The van der Waals surface area contributed by atoms with Crippen molar-refractivity contribution in [2.75, 3.05) is 14.2 Å². The molecule has 10 heavy (non-hydrogen) atoms. The molecule has 0 bridgehead atoms. The van der Waals surface area contributed by atoms with Crippen LogP contribution < -0.4 is 5.84 Å². The van der Waals surface area contributed by atoms with Crippen LogP contribution in [0.4, 0.5) is 0 Å². The third-order valence-corrected chi connectivity index (χ3v) is 2.13. The lowest BCUT2D eigenvalue weighted by molar-refractivity contribution is -0.131. The Kier molecular flexibility index (Phi) is 3.86. The summed E-state index contributed by atoms with van der Waals surface area (Å²) in [6.07, 6.45) is 1.82. The minimum atomic E-state index is -0.264. The molecule has 0 aliphatic heterocycles. The van der Waals surface area contributed by atoms with E-state index in [9.17, 15) is 0 Å². The second-order valence-corrected chi connectivity index (χ2v) is 2.47. The zero-order valence-corrected chi connectivity index (χ0v) is 7.35. The molecule has 0 aromatic rings. The molecule has 0 saturated heterocycles. The SMILES string of the molecule is CCC(CC)(OC)N(C)N. The van der Waals surface area contributed by atoms with Crippen LogP contribution in [0.25, 0.3) is 0 Å². The van der Waals surface area contributed by atoms with Gasteiger partial charge < -0.3 is 4.74 Å². The molecular formula is C7H18N2O. The van der Waals surface area contributed by atoms with Crippen molar-refractivity contribution in [3.05, 3.63) is 0 Å². The van der Waals surface area contributed by atoms with Crippen molar-refractivity contribution < 1.29 is 4.74 Å². The third kappa shape index (κ3) is 1.68. The number of nitrogens with zero attached hydrogens (tertiary/aromatic N) is 1. The molecule has 2 N–H and O–H groups in total. The number of methoxy groups -OCH3 is 1. The van der Waals surface area contributed by atoms with Crippen LogP contribution in [0.5, 0.6) is 0 Å². The maximum absolute atomic E-state index is 5.61. The number of hydrazine groups is 1. The first-order valence-electron chi connectivity index (χ1n) is 3.66. The highest BCUT2D eigenvalue weighted by molar-refractivity contribution is 4.71. The van der Waals surface area contributed by atoms with E-state index < -0.39 is 0 Å². The Morgan fingerprint density at radius 1 is 1.40 bits per heavy atom. The Hall–Kier alpha value is -0.120. The van der Waals surface area contributed by atoms with E-state index >= 15 is 0 Å². The smallest absolute Gasteiger partial charge is 0.132 e. The molecule has 0 aliphatic rings. The summed E-state index contributed by atoms with van der Waals surface area (Å²) in [4.78, 5) is 0. The van der Waals surface area contributed by atoms with E-state index in [1.807, 2.05) is 7.05 Å². The predicted octanol–water partition coefficient (Wildman–Crippen LogP) is 0.955. The predicted molar refractivity (Wildman–Crippen MR) is 42.3 cm³/mol. The summed E-state index contributed by atoms with van der Waals surface area (Å²) in [7, 11) is 3.52. The number of hydrogen-bond donors (Lipinski definition) is 1. The van der Waals surface area contributed by atoms with Gasteiger partial charge in [-0.3, -0.25) is 5.84 Å². The van der Waals surface area contributed by atoms with Crippen molar-refractivity contribution in [1.82, 2.24) is 5.01 Å². The molecule has 3 heteroatoms. The summed E-state index contributed by atoms with van der Waals surface area (Å²) in [5.41, 5.74) is -0.264. The van der Waals surface area contributed by atoms with Crippen LogP contribution in [0.1, 0.15) is 26.7 Å². The van der Waals surface area contributed by atoms with Gasteiger partial charge in [-0.2, -0.15) is 0 Å². The van der Waals surface area contributed by atoms with Gasteiger partial charge in [0.2, 0.25) is 0 Å². The van der Waals surface area contributed by atoms with Gasteiger partial charge in [-0.15, -0.1) is 0 Å². The van der Waals surface area contributed by atoms with Gasteiger partial charge in [0.15, 0.2) is 0 Å². The van der Waals surface area contributed by atoms with E-state index in [-0.39, 0.29) is 5.72 Å². The van der Waals surface area contributed by atoms with Gasteiger partial charge in [0, 0.05) is 14.2 Å². The topological polar surface area (TPSA) is 38.5 Å². The molecule has 0 saturated carbocycles. The first-order chi connectivity index (χ1) is 4.63. The lowest BCUT2D eigenvalue weighted by atomic mass is 10.1. The molecule has 0 aliphatic carbocycles. The van der Waals surface area contributed by atoms with Crippen LogP contribution in [0.2, 0.25) is 0 Å². The van der Waals surface area contributed by atoms with Crippen LogP contribution in [-0.2, 0) is 4.74 Å². The first kappa shape index (κ1) is 9.88. The van der Waals surface area contributed by atoms with Gasteiger partial charge in [-0.05, 0) is 12.8 Å². The van der Waals surface area contributed by atoms with Crippen LogP contribution in [0, 0.1) is 0 Å². The third-order valence-electron chi connectivity index (χ3n) is 2.13. The van der Waals surface area contributed by atoms with Crippen LogP contribution in [0.15, 0.2) is 0 Å². The first-order valence-corrected chi connectivity index (χ1v) is 3.66. The molecule has 0 radical (unpaired) electrons. The van der Waals surface area contributed by atoms with E-state index in [2.05, 4.69) is 13.8 Å². The summed E-state index contributed by atoms with van der Waals surface area (Å²) in [6.45, 7) is 4.13. The fraction of sp³-hybridized carbons (Fsp3) is 1.00. The average Bonchev–Trinajstić information content (AvgIpc) is 1.92. The van der Waals surface area contributed by atoms with Crippen LogP contribution >= 0.6 is 0 Å². The number of nitrogens with two attached hydrogens (primary N) is 1. The van der Waals surface area contributed by atoms with Crippen molar-refractivity contribution in [2.45, 2.75) is 32.4 Å². The standard InChI is InChI=1S/C7H18N2O/c1-5-7(6-2,10-4)9(3)8/h5-6,8H2,1-4H3. The van der Waals surface area contributed by atoms with E-state index in [0.29, 0.717) is 0 Å². The molecule has 0 spiro atoms. The maximum atomic E-state index is 5.61. The average molecular weight is 146 g/mol. The second-order valence-electron chi connectivity index (χ2n) is 2.47. The van der Waals surface area contributed by atoms with Gasteiger partial charge in [0.05, 0.1) is 0 Å². The Labute approximate surface area is 63.1 Å². The Morgan fingerprint density at radius 2 is 1.80 bits per heavy atom. The molecule has 0 heterocycles. The maximum Gasteiger partial charge on any atom is 0.132 e. The fourth-order valence-corrected chi connectivity index (χ4v) is 1.18. The van der Waals surface area contributed by atoms with Crippen LogP contribution in [0.3, 0.4) is 0 Å². The lowest BCUT2D eigenvalue weighted by Crippen LogP contribution is -2.51. The second kappa shape index (κ2) is 3.91. The minimum absolute atomic E-state index is 0.264. The van der Waals surface area contributed by atoms with Gasteiger partial charge >= 0.3 is 0 Å². The zero-order valence-electron chi connectivity index (χ0n) is 7.35. The molecule has 0 aromatic heterocycles. The van der Waals surface area contributed by atoms with Gasteiger partial charge in [0.25, 0.3) is 0 Å². The highest BCUT2D eigenvalue weighted by Gasteiger charge is 2.28. The highest BCUT2D eigenvalue weighted by Crippen LogP contribution is 2.19. The molecule has 3 nitrogen and oxygen atoms in total. The Balaban J connectivity index is 4.15. The van der Waals surface area contributed by atoms with Gasteiger partial charge in [-0.1, -0.05) is 13.8 Å². The highest BCUT2D eigenvalue weighted by atomic mass is 16.5. The van der Waals surface area contributed by atoms with Gasteiger partial charge in [0.1, 0.15) is 5.72 Å². The molecule has 0 rings (SSSR count). The van der Waals surface area contributed by atoms with E-state index in [0.717, 1.165) is 12.8 Å². The van der Waals surface area contributed by atoms with Crippen molar-refractivity contribution in [3.63, 3.8) is 0 Å². The Morgan fingerprint density at radius 3 is 1.80 bits per heavy atom. The van der Waals surface area contributed by atoms with Crippen molar-refractivity contribution in [1.29, 1.82) is 0 Å². The van der Waals surface area contributed by atoms with E-state index in [1.165, 1.54) is 0 Å². The minimum Gasteiger partial charge on any atom is -0.362 e. The van der Waals surface area contributed by atoms with Crippen LogP contribution in [-0.4, -0.2) is 24.9 Å². The summed E-state index contributed by atoms with van der Waals surface area (Å²) >= 11 is 0. The molecule has 0 aromatic carbocycles. The summed E-state index contributed by atoms with van der Waals surface area (Å²) < 4.78 is 5.30. The lowest BCUT2D eigenvalue weighted by Gasteiger charge is -2.36. The molecule has 0 amide bonds.